The Hall–Kier alpha value is -2.24. The molecule has 1 aromatic carbocycles. The van der Waals surface area contributed by atoms with Crippen LogP contribution in [-0.2, 0) is 11.2 Å². The van der Waals surface area contributed by atoms with Crippen LogP contribution < -0.4 is 10.6 Å². The summed E-state index contributed by atoms with van der Waals surface area (Å²) in [6, 6.07) is 4.78. The Morgan fingerprint density at radius 1 is 1.30 bits per heavy atom. The minimum Gasteiger partial charge on any atom is -0.508 e. The van der Waals surface area contributed by atoms with E-state index in [0.717, 1.165) is 18.4 Å². The minimum atomic E-state index is -1.09. The molecule has 0 heterocycles. The fourth-order valence-electron chi connectivity index (χ4n) is 1.85. The molecule has 4 N–H and O–H groups in total. The molecule has 0 aromatic heterocycles. The SMILES string of the molecule is CC1(NC(=O)N[C@@H](Cc2ccc(O)cc2)C(=O)O)CC1. The molecule has 0 aliphatic heterocycles. The third-order valence-corrected chi connectivity index (χ3v) is 3.39. The molecule has 0 bridgehead atoms. The molecule has 0 unspecified atom stereocenters. The van der Waals surface area contributed by atoms with Crippen molar-refractivity contribution in [1.29, 1.82) is 0 Å². The Bertz CT molecular complexity index is 508. The van der Waals surface area contributed by atoms with Gasteiger partial charge in [-0.05, 0) is 37.5 Å². The molecule has 1 aliphatic carbocycles. The average Bonchev–Trinajstić information content (AvgIpc) is 3.08. The zero-order chi connectivity index (χ0) is 14.8. The van der Waals surface area contributed by atoms with Crippen molar-refractivity contribution < 1.29 is 19.8 Å². The molecule has 20 heavy (non-hydrogen) atoms. The van der Waals surface area contributed by atoms with Gasteiger partial charge in [0, 0.05) is 12.0 Å². The van der Waals surface area contributed by atoms with Crippen LogP contribution in [0.4, 0.5) is 4.79 Å². The quantitative estimate of drug-likeness (QED) is 0.651. The van der Waals surface area contributed by atoms with Gasteiger partial charge in [-0.25, -0.2) is 9.59 Å². The number of hydrogen-bond acceptors (Lipinski definition) is 3. The molecule has 0 radical (unpaired) electrons. The maximum Gasteiger partial charge on any atom is 0.326 e. The summed E-state index contributed by atoms with van der Waals surface area (Å²) in [4.78, 5) is 22.9. The van der Waals surface area contributed by atoms with Crippen LogP contribution in [0, 0.1) is 0 Å². The first kappa shape index (κ1) is 14.2. The topological polar surface area (TPSA) is 98.7 Å². The Morgan fingerprint density at radius 2 is 1.90 bits per heavy atom. The molecule has 1 saturated carbocycles. The average molecular weight is 278 g/mol. The molecule has 1 atom stereocenters. The zero-order valence-electron chi connectivity index (χ0n) is 11.2. The van der Waals surface area contributed by atoms with E-state index < -0.39 is 18.0 Å². The predicted octanol–water partition coefficient (Wildman–Crippen LogP) is 1.24. The number of carbonyl (C=O) groups is 2. The standard InChI is InChI=1S/C14H18N2O4/c1-14(6-7-14)16-13(20)15-11(12(18)19)8-9-2-4-10(17)5-3-9/h2-5,11,17H,6-8H2,1H3,(H,18,19)(H2,15,16,20)/t11-/m0/s1. The maximum absolute atomic E-state index is 11.7. The van der Waals surface area contributed by atoms with Crippen LogP contribution in [-0.4, -0.2) is 33.8 Å². The molecule has 108 valence electrons. The normalized spacial score (nSPS) is 17.1. The predicted molar refractivity (Wildman–Crippen MR) is 72.5 cm³/mol. The monoisotopic (exact) mass is 278 g/mol. The van der Waals surface area contributed by atoms with Gasteiger partial charge >= 0.3 is 12.0 Å². The number of nitrogens with one attached hydrogen (secondary N) is 2. The smallest absolute Gasteiger partial charge is 0.326 e. The number of carbonyl (C=O) groups excluding carboxylic acids is 1. The summed E-state index contributed by atoms with van der Waals surface area (Å²) in [7, 11) is 0. The lowest BCUT2D eigenvalue weighted by Gasteiger charge is -2.18. The summed E-state index contributed by atoms with van der Waals surface area (Å²) in [5.74, 6) is -0.970. The summed E-state index contributed by atoms with van der Waals surface area (Å²) in [6.07, 6.45) is 1.99. The summed E-state index contributed by atoms with van der Waals surface area (Å²) in [5.41, 5.74) is 0.541. The van der Waals surface area contributed by atoms with Gasteiger partial charge in [0.1, 0.15) is 11.8 Å². The number of carboxylic acids is 1. The lowest BCUT2D eigenvalue weighted by Crippen LogP contribution is -2.50. The summed E-state index contributed by atoms with van der Waals surface area (Å²) in [6.45, 7) is 1.92. The van der Waals surface area contributed by atoms with Crippen LogP contribution in [0.2, 0.25) is 0 Å². The van der Waals surface area contributed by atoms with Crippen molar-refractivity contribution in [3.8, 4) is 5.75 Å². The third-order valence-electron chi connectivity index (χ3n) is 3.39. The van der Waals surface area contributed by atoms with Crippen molar-refractivity contribution in [3.63, 3.8) is 0 Å². The van der Waals surface area contributed by atoms with Crippen molar-refractivity contribution in [3.05, 3.63) is 29.8 Å². The number of urea groups is 1. The molecule has 6 nitrogen and oxygen atoms in total. The largest absolute Gasteiger partial charge is 0.508 e. The van der Waals surface area contributed by atoms with Crippen LogP contribution in [0.15, 0.2) is 24.3 Å². The minimum absolute atomic E-state index is 0.119. The van der Waals surface area contributed by atoms with E-state index in [1.54, 1.807) is 12.1 Å². The number of benzene rings is 1. The number of carboxylic acid groups (broad SMARTS) is 1. The van der Waals surface area contributed by atoms with Crippen molar-refractivity contribution in [2.24, 2.45) is 0 Å². The van der Waals surface area contributed by atoms with E-state index in [-0.39, 0.29) is 17.7 Å². The molecule has 0 spiro atoms. The molecule has 1 aromatic rings. The summed E-state index contributed by atoms with van der Waals surface area (Å²) >= 11 is 0. The number of aromatic hydroxyl groups is 1. The Labute approximate surface area is 116 Å². The van der Waals surface area contributed by atoms with Crippen LogP contribution in [0.1, 0.15) is 25.3 Å². The highest BCUT2D eigenvalue weighted by molar-refractivity contribution is 5.83. The van der Waals surface area contributed by atoms with Crippen molar-refractivity contribution in [1.82, 2.24) is 10.6 Å². The van der Waals surface area contributed by atoms with Gasteiger partial charge in [0.05, 0.1) is 0 Å². The van der Waals surface area contributed by atoms with Gasteiger partial charge in [-0.15, -0.1) is 0 Å². The highest BCUT2D eigenvalue weighted by atomic mass is 16.4. The number of aliphatic carboxylic acids is 1. The van der Waals surface area contributed by atoms with Gasteiger partial charge in [-0.3, -0.25) is 0 Å². The number of hydrogen-bond donors (Lipinski definition) is 4. The second kappa shape index (κ2) is 5.40. The first-order valence-electron chi connectivity index (χ1n) is 6.47. The molecular formula is C14H18N2O4. The first-order valence-corrected chi connectivity index (χ1v) is 6.47. The first-order chi connectivity index (χ1) is 9.38. The molecule has 6 heteroatoms. The van der Waals surface area contributed by atoms with Crippen molar-refractivity contribution >= 4 is 12.0 Å². The molecule has 2 rings (SSSR count). The van der Waals surface area contributed by atoms with Crippen molar-refractivity contribution in [2.75, 3.05) is 0 Å². The maximum atomic E-state index is 11.7. The van der Waals surface area contributed by atoms with Crippen molar-refractivity contribution in [2.45, 2.75) is 37.8 Å². The van der Waals surface area contributed by atoms with E-state index in [2.05, 4.69) is 10.6 Å². The fourth-order valence-corrected chi connectivity index (χ4v) is 1.85. The number of amides is 2. The number of phenolic OH excluding ortho intramolecular Hbond substituents is 1. The Kier molecular flexibility index (Phi) is 3.83. The van der Waals surface area contributed by atoms with Gasteiger partial charge in [-0.2, -0.15) is 0 Å². The van der Waals surface area contributed by atoms with Crippen LogP contribution in [0.3, 0.4) is 0 Å². The Morgan fingerprint density at radius 3 is 2.40 bits per heavy atom. The molecule has 1 fully saturated rings. The molecule has 2 amide bonds. The second-order valence-electron chi connectivity index (χ2n) is 5.42. The summed E-state index contributed by atoms with van der Waals surface area (Å²) in [5, 5.41) is 23.6. The van der Waals surface area contributed by atoms with Crippen LogP contribution in [0.25, 0.3) is 0 Å². The number of rotatable bonds is 5. The van der Waals surface area contributed by atoms with E-state index in [1.165, 1.54) is 12.1 Å². The third kappa shape index (κ3) is 3.88. The lowest BCUT2D eigenvalue weighted by molar-refractivity contribution is -0.139. The van der Waals surface area contributed by atoms with Gasteiger partial charge in [0.25, 0.3) is 0 Å². The lowest BCUT2D eigenvalue weighted by atomic mass is 10.1. The zero-order valence-corrected chi connectivity index (χ0v) is 11.2. The van der Waals surface area contributed by atoms with E-state index >= 15 is 0 Å². The van der Waals surface area contributed by atoms with Crippen LogP contribution >= 0.6 is 0 Å². The highest BCUT2D eigenvalue weighted by Gasteiger charge is 2.39. The van der Waals surface area contributed by atoms with Gasteiger partial charge in [0.2, 0.25) is 0 Å². The summed E-state index contributed by atoms with van der Waals surface area (Å²) < 4.78 is 0. The van der Waals surface area contributed by atoms with Crippen LogP contribution in [0.5, 0.6) is 5.75 Å². The van der Waals surface area contributed by atoms with Gasteiger partial charge in [-0.1, -0.05) is 12.1 Å². The highest BCUT2D eigenvalue weighted by Crippen LogP contribution is 2.34. The van der Waals surface area contributed by atoms with Gasteiger partial charge < -0.3 is 20.8 Å². The van der Waals surface area contributed by atoms with E-state index in [1.807, 2.05) is 6.92 Å². The second-order valence-corrected chi connectivity index (χ2v) is 5.42. The van der Waals surface area contributed by atoms with E-state index in [9.17, 15) is 14.7 Å². The van der Waals surface area contributed by atoms with E-state index in [4.69, 9.17) is 5.11 Å². The fraction of sp³-hybridized carbons (Fsp3) is 0.429. The molecule has 0 saturated heterocycles. The van der Waals surface area contributed by atoms with E-state index in [0.29, 0.717) is 0 Å². The Balaban J connectivity index is 1.94. The molecule has 1 aliphatic rings. The molecular weight excluding hydrogens is 260 g/mol. The number of phenols is 1. The van der Waals surface area contributed by atoms with Gasteiger partial charge in [0.15, 0.2) is 0 Å².